The molecule has 0 aliphatic carbocycles. The molecule has 28 heavy (non-hydrogen) atoms. The average Bonchev–Trinajstić information content (AvgIpc) is 3.20. The molecule has 0 amide bonds. The first-order chi connectivity index (χ1) is 13.4. The second-order valence-corrected chi connectivity index (χ2v) is 8.24. The topological polar surface area (TPSA) is 30.7 Å². The summed E-state index contributed by atoms with van der Waals surface area (Å²) in [4.78, 5) is 5.70. The maximum atomic E-state index is 14.3. The van der Waals surface area contributed by atoms with Crippen molar-refractivity contribution in [2.45, 2.75) is 13.8 Å². The molecule has 0 saturated carbocycles. The largest absolute Gasteiger partial charge is 0.248 e. The lowest BCUT2D eigenvalue weighted by atomic mass is 10.1. The van der Waals surface area contributed by atoms with Gasteiger partial charge in [0.25, 0.3) is 0 Å². The van der Waals surface area contributed by atoms with Gasteiger partial charge >= 0.3 is 0 Å². The third-order valence-corrected chi connectivity index (χ3v) is 6.52. The number of rotatable bonds is 3. The van der Waals surface area contributed by atoms with Crippen LogP contribution in [0.1, 0.15) is 11.1 Å². The lowest BCUT2D eigenvalue weighted by molar-refractivity contribution is 0.629. The molecule has 0 radical (unpaired) electrons. The van der Waals surface area contributed by atoms with Gasteiger partial charge < -0.3 is 0 Å². The molecule has 0 aliphatic heterocycles. The Hall–Kier alpha value is -2.21. The predicted octanol–water partition coefficient (Wildman–Crippen LogP) is 6.94. The van der Waals surface area contributed by atoms with Gasteiger partial charge in [-0.1, -0.05) is 41.4 Å². The number of nitrogens with zero attached hydrogens (tertiary/aromatic N) is 3. The lowest BCUT2D eigenvalue weighted by Gasteiger charge is -2.05. The minimum Gasteiger partial charge on any atom is -0.248 e. The fraction of sp³-hybridized carbons (Fsp3) is 0.143. The Bertz CT molecular complexity index is 1180. The van der Waals surface area contributed by atoms with E-state index in [4.69, 9.17) is 23.2 Å². The van der Waals surface area contributed by atoms with E-state index in [2.05, 4.69) is 16.1 Å². The third-order valence-electron chi connectivity index (χ3n) is 4.66. The average molecular weight is 432 g/mol. The van der Waals surface area contributed by atoms with Crippen molar-refractivity contribution in [3.05, 3.63) is 68.8 Å². The summed E-state index contributed by atoms with van der Waals surface area (Å²) in [5, 5.41) is 7.45. The summed E-state index contributed by atoms with van der Waals surface area (Å²) in [6.07, 6.45) is 0. The van der Waals surface area contributed by atoms with Crippen molar-refractivity contribution >= 4 is 34.5 Å². The van der Waals surface area contributed by atoms with E-state index < -0.39 is 5.82 Å². The molecule has 0 bridgehead atoms. The van der Waals surface area contributed by atoms with Crippen LogP contribution in [0.5, 0.6) is 0 Å². The quantitative estimate of drug-likeness (QED) is 0.351. The van der Waals surface area contributed by atoms with Gasteiger partial charge in [-0.15, -0.1) is 11.3 Å². The number of benzene rings is 2. The Labute approximate surface area is 176 Å². The molecular weight excluding hydrogens is 416 g/mol. The van der Waals surface area contributed by atoms with Gasteiger partial charge in [0.2, 0.25) is 0 Å². The van der Waals surface area contributed by atoms with Gasteiger partial charge in [-0.25, -0.2) is 14.1 Å². The van der Waals surface area contributed by atoms with Crippen LogP contribution in [-0.4, -0.2) is 14.8 Å². The molecule has 2 aromatic carbocycles. The number of hydrogen-bond donors (Lipinski definition) is 0. The van der Waals surface area contributed by atoms with E-state index in [0.29, 0.717) is 5.82 Å². The molecule has 3 nitrogen and oxygen atoms in total. The SMILES string of the molecule is Cc1ccc(-c2scc(-c3nc(-c4c(F)cccc4Cl)nn3C)c2C)cc1Cl. The number of halogens is 3. The van der Waals surface area contributed by atoms with E-state index in [0.717, 1.165) is 32.2 Å². The summed E-state index contributed by atoms with van der Waals surface area (Å²) < 4.78 is 15.9. The summed E-state index contributed by atoms with van der Waals surface area (Å²) in [5.74, 6) is 0.486. The molecule has 0 aliphatic rings. The zero-order valence-corrected chi connectivity index (χ0v) is 17.8. The van der Waals surface area contributed by atoms with E-state index in [-0.39, 0.29) is 16.4 Å². The van der Waals surface area contributed by atoms with Crippen LogP contribution in [0.2, 0.25) is 10.0 Å². The van der Waals surface area contributed by atoms with Gasteiger partial charge in [0, 0.05) is 27.9 Å². The highest BCUT2D eigenvalue weighted by Gasteiger charge is 2.20. The monoisotopic (exact) mass is 431 g/mol. The smallest absolute Gasteiger partial charge is 0.186 e. The molecule has 4 aromatic rings. The lowest BCUT2D eigenvalue weighted by Crippen LogP contribution is -1.95. The van der Waals surface area contributed by atoms with Crippen molar-refractivity contribution in [2.75, 3.05) is 0 Å². The number of aromatic nitrogens is 3. The molecule has 0 N–H and O–H groups in total. The van der Waals surface area contributed by atoms with E-state index in [1.54, 1.807) is 35.2 Å². The first-order valence-electron chi connectivity index (χ1n) is 8.57. The zero-order chi connectivity index (χ0) is 20.0. The number of hydrogen-bond acceptors (Lipinski definition) is 3. The Morgan fingerprint density at radius 1 is 1.07 bits per heavy atom. The molecule has 0 saturated heterocycles. The van der Waals surface area contributed by atoms with E-state index >= 15 is 0 Å². The van der Waals surface area contributed by atoms with Gasteiger partial charge in [0.15, 0.2) is 11.6 Å². The standard InChI is InChI=1S/C21H16Cl2FN3S/c1-11-7-8-13(9-16(11)23)19-12(2)14(10-28-19)21-25-20(26-27(21)3)18-15(22)5-4-6-17(18)24/h4-10H,1-3H3. The van der Waals surface area contributed by atoms with Crippen LogP contribution in [0.25, 0.3) is 33.2 Å². The fourth-order valence-corrected chi connectivity index (χ4v) is 4.59. The summed E-state index contributed by atoms with van der Waals surface area (Å²) in [6.45, 7) is 4.02. The van der Waals surface area contributed by atoms with Crippen molar-refractivity contribution < 1.29 is 4.39 Å². The zero-order valence-electron chi connectivity index (χ0n) is 15.4. The van der Waals surface area contributed by atoms with Crippen LogP contribution in [0, 0.1) is 19.7 Å². The summed E-state index contributed by atoms with van der Waals surface area (Å²) in [6, 6.07) is 10.6. The summed E-state index contributed by atoms with van der Waals surface area (Å²) in [7, 11) is 1.79. The van der Waals surface area contributed by atoms with Crippen molar-refractivity contribution in [3.8, 4) is 33.2 Å². The maximum absolute atomic E-state index is 14.3. The van der Waals surface area contributed by atoms with Crippen molar-refractivity contribution in [1.29, 1.82) is 0 Å². The summed E-state index contributed by atoms with van der Waals surface area (Å²) in [5.41, 5.74) is 4.34. The van der Waals surface area contributed by atoms with Crippen LogP contribution in [0.15, 0.2) is 41.8 Å². The highest BCUT2D eigenvalue weighted by atomic mass is 35.5. The second-order valence-electron chi connectivity index (χ2n) is 6.55. The highest BCUT2D eigenvalue weighted by molar-refractivity contribution is 7.14. The van der Waals surface area contributed by atoms with E-state index in [1.807, 2.05) is 31.4 Å². The summed E-state index contributed by atoms with van der Waals surface area (Å²) >= 11 is 14.1. The molecule has 2 aromatic heterocycles. The molecule has 0 spiro atoms. The Kier molecular flexibility index (Phi) is 5.00. The minimum atomic E-state index is -0.443. The van der Waals surface area contributed by atoms with Gasteiger partial charge in [0.05, 0.1) is 10.6 Å². The van der Waals surface area contributed by atoms with Gasteiger partial charge in [-0.2, -0.15) is 5.10 Å². The first kappa shape index (κ1) is 19.1. The third kappa shape index (κ3) is 3.24. The fourth-order valence-electron chi connectivity index (χ4n) is 3.09. The van der Waals surface area contributed by atoms with Crippen molar-refractivity contribution in [1.82, 2.24) is 14.8 Å². The van der Waals surface area contributed by atoms with Crippen LogP contribution < -0.4 is 0 Å². The molecule has 7 heteroatoms. The number of aryl methyl sites for hydroxylation is 2. The van der Waals surface area contributed by atoms with Gasteiger partial charge in [-0.05, 0) is 48.7 Å². The van der Waals surface area contributed by atoms with Crippen LogP contribution in [0.3, 0.4) is 0 Å². The second kappa shape index (κ2) is 7.32. The molecular formula is C21H16Cl2FN3S. The van der Waals surface area contributed by atoms with Gasteiger partial charge in [-0.3, -0.25) is 0 Å². The molecule has 0 atom stereocenters. The Balaban J connectivity index is 1.80. The van der Waals surface area contributed by atoms with E-state index in [9.17, 15) is 4.39 Å². The first-order valence-corrected chi connectivity index (χ1v) is 10.2. The molecule has 0 fully saturated rings. The van der Waals surface area contributed by atoms with Crippen LogP contribution in [-0.2, 0) is 7.05 Å². The van der Waals surface area contributed by atoms with Crippen molar-refractivity contribution in [2.24, 2.45) is 7.05 Å². The minimum absolute atomic E-state index is 0.212. The normalized spacial score (nSPS) is 11.2. The van der Waals surface area contributed by atoms with Crippen LogP contribution in [0.4, 0.5) is 4.39 Å². The maximum Gasteiger partial charge on any atom is 0.186 e. The van der Waals surface area contributed by atoms with E-state index in [1.165, 1.54) is 6.07 Å². The molecule has 0 unspecified atom stereocenters. The Morgan fingerprint density at radius 2 is 1.86 bits per heavy atom. The van der Waals surface area contributed by atoms with Crippen LogP contribution >= 0.6 is 34.5 Å². The highest BCUT2D eigenvalue weighted by Crippen LogP contribution is 2.39. The van der Waals surface area contributed by atoms with Gasteiger partial charge in [0.1, 0.15) is 5.82 Å². The Morgan fingerprint density at radius 3 is 2.57 bits per heavy atom. The van der Waals surface area contributed by atoms with Crippen molar-refractivity contribution in [3.63, 3.8) is 0 Å². The predicted molar refractivity (Wildman–Crippen MR) is 115 cm³/mol. The molecule has 142 valence electrons. The molecule has 4 rings (SSSR count). The number of thiophene rings is 1. The molecule has 2 heterocycles.